The molecule has 0 amide bonds. The summed E-state index contributed by atoms with van der Waals surface area (Å²) in [7, 11) is 0. The van der Waals surface area contributed by atoms with Crippen molar-refractivity contribution < 1.29 is 9.63 Å². The van der Waals surface area contributed by atoms with Gasteiger partial charge in [-0.05, 0) is 31.9 Å². The molecule has 0 spiro atoms. The summed E-state index contributed by atoms with van der Waals surface area (Å²) < 4.78 is 7.40. The Labute approximate surface area is 143 Å². The fourth-order valence-corrected chi connectivity index (χ4v) is 3.48. The van der Waals surface area contributed by atoms with Crippen molar-refractivity contribution in [3.05, 3.63) is 42.0 Å². The van der Waals surface area contributed by atoms with E-state index in [4.69, 9.17) is 4.52 Å². The molecular weight excluding hydrogens is 326 g/mol. The van der Waals surface area contributed by atoms with Crippen molar-refractivity contribution in [1.82, 2.24) is 24.9 Å². The zero-order valence-corrected chi connectivity index (χ0v) is 14.0. The van der Waals surface area contributed by atoms with Gasteiger partial charge >= 0.3 is 0 Å². The van der Waals surface area contributed by atoms with E-state index in [1.807, 2.05) is 41.8 Å². The van der Waals surface area contributed by atoms with Crippen LogP contribution in [0.25, 0.3) is 11.5 Å². The molecule has 24 heavy (non-hydrogen) atoms. The predicted octanol–water partition coefficient (Wildman–Crippen LogP) is 3.01. The smallest absolute Gasteiger partial charge is 0.257 e. The molecule has 0 saturated heterocycles. The summed E-state index contributed by atoms with van der Waals surface area (Å²) in [4.78, 5) is 4.49. The molecule has 2 heterocycles. The first kappa shape index (κ1) is 15.3. The lowest BCUT2D eigenvalue weighted by molar-refractivity contribution is 0.263. The minimum Gasteiger partial charge on any atom is -0.388 e. The fourth-order valence-electron chi connectivity index (χ4n) is 2.50. The molecule has 1 aromatic carbocycles. The van der Waals surface area contributed by atoms with Crippen LogP contribution in [0.2, 0.25) is 0 Å². The summed E-state index contributed by atoms with van der Waals surface area (Å²) in [5.74, 6) is 1.75. The lowest BCUT2D eigenvalue weighted by Gasteiger charge is -2.09. The highest BCUT2D eigenvalue weighted by Gasteiger charge is 2.30. The van der Waals surface area contributed by atoms with Crippen LogP contribution in [0, 0.1) is 0 Å². The Hall–Kier alpha value is -2.19. The summed E-state index contributed by atoms with van der Waals surface area (Å²) >= 11 is 1.53. The molecule has 1 saturated carbocycles. The van der Waals surface area contributed by atoms with E-state index in [2.05, 4.69) is 20.3 Å². The molecule has 8 heteroatoms. The van der Waals surface area contributed by atoms with Crippen molar-refractivity contribution in [1.29, 1.82) is 0 Å². The molecule has 1 aliphatic carbocycles. The van der Waals surface area contributed by atoms with Crippen molar-refractivity contribution in [2.75, 3.05) is 0 Å². The van der Waals surface area contributed by atoms with E-state index in [9.17, 15) is 5.11 Å². The van der Waals surface area contributed by atoms with E-state index >= 15 is 0 Å². The van der Waals surface area contributed by atoms with Crippen LogP contribution < -0.4 is 0 Å². The van der Waals surface area contributed by atoms with Gasteiger partial charge in [-0.15, -0.1) is 10.2 Å². The van der Waals surface area contributed by atoms with E-state index in [0.717, 1.165) is 23.6 Å². The second-order valence-corrected chi connectivity index (χ2v) is 7.05. The van der Waals surface area contributed by atoms with Gasteiger partial charge in [0.2, 0.25) is 0 Å². The molecule has 0 radical (unpaired) electrons. The van der Waals surface area contributed by atoms with Crippen molar-refractivity contribution in [2.45, 2.75) is 42.8 Å². The summed E-state index contributed by atoms with van der Waals surface area (Å²) in [6.07, 6.45) is 2.21. The third-order valence-corrected chi connectivity index (χ3v) is 4.95. The second kappa shape index (κ2) is 6.37. The first-order valence-electron chi connectivity index (χ1n) is 7.86. The number of hydrogen-bond donors (Lipinski definition) is 1. The standard InChI is InChI=1S/C16H17N5O2S/c1-10(14-17-15(23-20-14)11-5-3-2-4-6-11)24-16-19-18-13(9-22)21(16)12-7-8-12/h2-6,10,12,22H,7-9H2,1H3/t10-/m0/s1. The van der Waals surface area contributed by atoms with Crippen LogP contribution in [-0.2, 0) is 6.61 Å². The molecule has 0 unspecified atom stereocenters. The van der Waals surface area contributed by atoms with Gasteiger partial charge in [0.1, 0.15) is 6.61 Å². The van der Waals surface area contributed by atoms with Gasteiger partial charge < -0.3 is 14.2 Å². The third kappa shape index (κ3) is 2.94. The average Bonchev–Trinajstić information content (AvgIpc) is 3.18. The number of aromatic nitrogens is 5. The summed E-state index contributed by atoms with van der Waals surface area (Å²) in [6.45, 7) is 1.91. The topological polar surface area (TPSA) is 89.9 Å². The summed E-state index contributed by atoms with van der Waals surface area (Å²) in [5, 5.41) is 22.6. The Morgan fingerprint density at radius 3 is 2.79 bits per heavy atom. The number of thioether (sulfide) groups is 1. The second-order valence-electron chi connectivity index (χ2n) is 5.74. The van der Waals surface area contributed by atoms with E-state index in [0.29, 0.717) is 23.6 Å². The highest BCUT2D eigenvalue weighted by Crippen LogP contribution is 2.41. The van der Waals surface area contributed by atoms with Gasteiger partial charge in [0.15, 0.2) is 16.8 Å². The number of aliphatic hydroxyl groups is 1. The van der Waals surface area contributed by atoms with Gasteiger partial charge in [0.25, 0.3) is 5.89 Å². The van der Waals surface area contributed by atoms with Crippen molar-refractivity contribution >= 4 is 11.8 Å². The number of hydrogen-bond acceptors (Lipinski definition) is 7. The Balaban J connectivity index is 1.54. The van der Waals surface area contributed by atoms with E-state index in [1.165, 1.54) is 11.8 Å². The van der Waals surface area contributed by atoms with E-state index < -0.39 is 0 Å². The van der Waals surface area contributed by atoms with Gasteiger partial charge in [0.05, 0.1) is 5.25 Å². The quantitative estimate of drug-likeness (QED) is 0.688. The number of nitrogens with zero attached hydrogens (tertiary/aromatic N) is 5. The van der Waals surface area contributed by atoms with Crippen LogP contribution in [0.4, 0.5) is 0 Å². The maximum absolute atomic E-state index is 9.42. The molecule has 1 aliphatic rings. The zero-order valence-electron chi connectivity index (χ0n) is 13.2. The molecule has 124 valence electrons. The maximum atomic E-state index is 9.42. The third-order valence-electron chi connectivity index (χ3n) is 3.90. The molecule has 1 fully saturated rings. The highest BCUT2D eigenvalue weighted by molar-refractivity contribution is 7.99. The molecule has 0 bridgehead atoms. The molecule has 7 nitrogen and oxygen atoms in total. The molecule has 4 rings (SSSR count). The minimum absolute atomic E-state index is 0.0283. The van der Waals surface area contributed by atoms with Gasteiger partial charge in [-0.3, -0.25) is 0 Å². The number of rotatable bonds is 6. The van der Waals surface area contributed by atoms with Crippen molar-refractivity contribution in [3.63, 3.8) is 0 Å². The largest absolute Gasteiger partial charge is 0.388 e. The molecule has 3 aromatic rings. The van der Waals surface area contributed by atoms with Crippen LogP contribution in [0.5, 0.6) is 0 Å². The average molecular weight is 343 g/mol. The lowest BCUT2D eigenvalue weighted by Crippen LogP contribution is -2.04. The molecule has 0 aliphatic heterocycles. The Kier molecular flexibility index (Phi) is 4.07. The van der Waals surface area contributed by atoms with Crippen molar-refractivity contribution in [2.24, 2.45) is 0 Å². The summed E-state index contributed by atoms with van der Waals surface area (Å²) in [6, 6.07) is 10.1. The predicted molar refractivity (Wildman–Crippen MR) is 88.2 cm³/mol. The normalized spacial score (nSPS) is 15.6. The zero-order chi connectivity index (χ0) is 16.5. The Bertz CT molecular complexity index is 828. The number of benzene rings is 1. The van der Waals surface area contributed by atoms with Crippen LogP contribution in [0.1, 0.15) is 42.7 Å². The minimum atomic E-state index is -0.0984. The highest BCUT2D eigenvalue weighted by atomic mass is 32.2. The molecule has 1 atom stereocenters. The molecular formula is C16H17N5O2S. The molecule has 1 N–H and O–H groups in total. The maximum Gasteiger partial charge on any atom is 0.257 e. The van der Waals surface area contributed by atoms with Crippen LogP contribution in [-0.4, -0.2) is 30.0 Å². The first-order valence-corrected chi connectivity index (χ1v) is 8.74. The monoisotopic (exact) mass is 343 g/mol. The van der Waals surface area contributed by atoms with Crippen molar-refractivity contribution in [3.8, 4) is 11.5 Å². The fraction of sp³-hybridized carbons (Fsp3) is 0.375. The van der Waals surface area contributed by atoms with Gasteiger partial charge in [-0.25, -0.2) is 0 Å². The van der Waals surface area contributed by atoms with Gasteiger partial charge in [0, 0.05) is 11.6 Å². The van der Waals surface area contributed by atoms with E-state index in [-0.39, 0.29) is 11.9 Å². The SMILES string of the molecule is C[C@H](Sc1nnc(CO)n1C1CC1)c1noc(-c2ccccc2)n1. The van der Waals surface area contributed by atoms with Gasteiger partial charge in [-0.2, -0.15) is 4.98 Å². The van der Waals surface area contributed by atoms with Gasteiger partial charge in [-0.1, -0.05) is 35.1 Å². The number of aliphatic hydroxyl groups excluding tert-OH is 1. The Morgan fingerprint density at radius 1 is 1.29 bits per heavy atom. The molecule has 2 aromatic heterocycles. The lowest BCUT2D eigenvalue weighted by atomic mass is 10.2. The van der Waals surface area contributed by atoms with Crippen LogP contribution in [0.3, 0.4) is 0 Å². The van der Waals surface area contributed by atoms with Crippen LogP contribution in [0.15, 0.2) is 40.0 Å². The van der Waals surface area contributed by atoms with Crippen LogP contribution >= 0.6 is 11.8 Å². The first-order chi connectivity index (χ1) is 11.8. The van der Waals surface area contributed by atoms with E-state index in [1.54, 1.807) is 0 Å². The summed E-state index contributed by atoms with van der Waals surface area (Å²) in [5.41, 5.74) is 0.900. The Morgan fingerprint density at radius 2 is 2.08 bits per heavy atom.